The summed E-state index contributed by atoms with van der Waals surface area (Å²) in [6.45, 7) is 0.903. The van der Waals surface area contributed by atoms with Gasteiger partial charge >= 0.3 is 0 Å². The monoisotopic (exact) mass is 398 g/mol. The lowest BCUT2D eigenvalue weighted by atomic mass is 10.3. The Labute approximate surface area is 163 Å². The zero-order valence-corrected chi connectivity index (χ0v) is 15.8. The third kappa shape index (κ3) is 3.96. The van der Waals surface area contributed by atoms with Crippen molar-refractivity contribution in [1.82, 2.24) is 14.8 Å². The molecule has 3 aromatic heterocycles. The molecule has 0 aliphatic rings. The fourth-order valence-corrected chi connectivity index (χ4v) is 4.21. The van der Waals surface area contributed by atoms with Gasteiger partial charge in [-0.1, -0.05) is 23.5 Å². The second kappa shape index (κ2) is 7.81. The van der Waals surface area contributed by atoms with E-state index in [2.05, 4.69) is 10.1 Å². The molecule has 0 bridgehead atoms. The second-order valence-electron chi connectivity index (χ2n) is 5.69. The smallest absolute Gasteiger partial charge is 0.252 e. The van der Waals surface area contributed by atoms with E-state index in [4.69, 9.17) is 0 Å². The molecule has 1 aromatic carbocycles. The van der Waals surface area contributed by atoms with Crippen LogP contribution >= 0.6 is 22.7 Å². The molecule has 0 unspecified atom stereocenters. The van der Waals surface area contributed by atoms with E-state index in [0.29, 0.717) is 22.9 Å². The second-order valence-corrected chi connectivity index (χ2v) is 7.68. The lowest BCUT2D eigenvalue weighted by Gasteiger charge is -2.18. The number of nitrogens with zero attached hydrogens (tertiary/aromatic N) is 4. The molecule has 1 amide bonds. The molecule has 0 atom stereocenters. The van der Waals surface area contributed by atoms with Crippen molar-refractivity contribution in [3.05, 3.63) is 70.9 Å². The van der Waals surface area contributed by atoms with E-state index in [1.165, 1.54) is 23.5 Å². The van der Waals surface area contributed by atoms with Gasteiger partial charge in [0, 0.05) is 29.9 Å². The first kappa shape index (κ1) is 17.6. The number of benzene rings is 1. The highest BCUT2D eigenvalue weighted by atomic mass is 32.1. The van der Waals surface area contributed by atoms with Crippen LogP contribution in [0.3, 0.4) is 0 Å². The zero-order valence-electron chi connectivity index (χ0n) is 14.2. The van der Waals surface area contributed by atoms with Gasteiger partial charge in [-0.25, -0.2) is 9.37 Å². The molecule has 0 radical (unpaired) electrons. The molecule has 8 heteroatoms. The Morgan fingerprint density at radius 1 is 1.26 bits per heavy atom. The minimum absolute atomic E-state index is 0.199. The molecular formula is C19H15FN4OS2. The van der Waals surface area contributed by atoms with Crippen molar-refractivity contribution in [2.24, 2.45) is 0 Å². The summed E-state index contributed by atoms with van der Waals surface area (Å²) < 4.78 is 16.5. The molecule has 0 aliphatic carbocycles. The third-order valence-electron chi connectivity index (χ3n) is 3.90. The number of fused-ring (bicyclic) bond motifs is 1. The van der Waals surface area contributed by atoms with E-state index in [1.807, 2.05) is 29.8 Å². The first-order valence-electron chi connectivity index (χ1n) is 8.26. The molecule has 0 saturated heterocycles. The van der Waals surface area contributed by atoms with Crippen LogP contribution in [-0.4, -0.2) is 27.2 Å². The van der Waals surface area contributed by atoms with Gasteiger partial charge in [0.05, 0.1) is 11.2 Å². The van der Waals surface area contributed by atoms with E-state index >= 15 is 0 Å². The largest absolute Gasteiger partial charge is 0.283 e. The van der Waals surface area contributed by atoms with Crippen molar-refractivity contribution in [3.63, 3.8) is 0 Å². The quantitative estimate of drug-likeness (QED) is 0.451. The lowest BCUT2D eigenvalue weighted by Crippen LogP contribution is -2.32. The van der Waals surface area contributed by atoms with Gasteiger partial charge in [0.15, 0.2) is 5.13 Å². The van der Waals surface area contributed by atoms with Crippen molar-refractivity contribution in [2.75, 3.05) is 11.4 Å². The number of rotatable bonds is 6. The van der Waals surface area contributed by atoms with Crippen LogP contribution in [0.2, 0.25) is 0 Å². The van der Waals surface area contributed by atoms with Crippen molar-refractivity contribution in [1.29, 1.82) is 0 Å². The number of aromatic nitrogens is 3. The van der Waals surface area contributed by atoms with E-state index in [1.54, 1.807) is 45.3 Å². The Morgan fingerprint density at radius 2 is 2.19 bits per heavy atom. The van der Waals surface area contributed by atoms with Crippen LogP contribution in [0.15, 0.2) is 60.2 Å². The normalized spacial score (nSPS) is 11.4. The molecule has 4 aromatic rings. The fraction of sp³-hybridized carbons (Fsp3) is 0.105. The number of hydrogen-bond acceptors (Lipinski definition) is 5. The van der Waals surface area contributed by atoms with Crippen LogP contribution in [0, 0.1) is 5.82 Å². The molecule has 3 heterocycles. The third-order valence-corrected chi connectivity index (χ3v) is 5.78. The van der Waals surface area contributed by atoms with Crippen LogP contribution < -0.4 is 4.90 Å². The number of thiophene rings is 1. The topological polar surface area (TPSA) is 51.0 Å². The molecule has 0 saturated carbocycles. The average Bonchev–Trinajstić information content (AvgIpc) is 3.42. The predicted molar refractivity (Wildman–Crippen MR) is 108 cm³/mol. The molecule has 27 heavy (non-hydrogen) atoms. The Balaban J connectivity index is 1.63. The highest BCUT2D eigenvalue weighted by molar-refractivity contribution is 7.22. The summed E-state index contributed by atoms with van der Waals surface area (Å²) in [7, 11) is 0. The summed E-state index contributed by atoms with van der Waals surface area (Å²) in [6, 6.07) is 10.5. The Bertz CT molecular complexity index is 1070. The average molecular weight is 398 g/mol. The van der Waals surface area contributed by atoms with Crippen LogP contribution in [0.1, 0.15) is 4.88 Å². The van der Waals surface area contributed by atoms with Crippen LogP contribution in [0.4, 0.5) is 9.52 Å². The molecule has 0 N–H and O–H groups in total. The first-order chi connectivity index (χ1) is 13.2. The molecule has 0 aliphatic heterocycles. The van der Waals surface area contributed by atoms with Gasteiger partial charge in [-0.15, -0.1) is 11.3 Å². The van der Waals surface area contributed by atoms with Gasteiger partial charge < -0.3 is 0 Å². The SMILES string of the molecule is O=C(/C=C/c1cccs1)N(CCn1cccn1)c1nc2c(F)cccc2s1. The molecule has 5 nitrogen and oxygen atoms in total. The van der Waals surface area contributed by atoms with Crippen LogP contribution in [0.5, 0.6) is 0 Å². The number of anilines is 1. The number of thiazole rings is 1. The first-order valence-corrected chi connectivity index (χ1v) is 9.96. The minimum Gasteiger partial charge on any atom is -0.283 e. The maximum absolute atomic E-state index is 14.0. The van der Waals surface area contributed by atoms with Crippen LogP contribution in [0.25, 0.3) is 16.3 Å². The van der Waals surface area contributed by atoms with Crippen molar-refractivity contribution < 1.29 is 9.18 Å². The van der Waals surface area contributed by atoms with E-state index in [-0.39, 0.29) is 17.2 Å². The van der Waals surface area contributed by atoms with Gasteiger partial charge in [0.2, 0.25) is 0 Å². The number of amides is 1. The van der Waals surface area contributed by atoms with E-state index in [9.17, 15) is 9.18 Å². The van der Waals surface area contributed by atoms with Crippen molar-refractivity contribution >= 4 is 50.0 Å². The van der Waals surface area contributed by atoms with Gasteiger partial charge in [-0.05, 0) is 35.7 Å². The Hall–Kier alpha value is -2.84. The molecule has 136 valence electrons. The maximum atomic E-state index is 14.0. The molecule has 4 rings (SSSR count). The summed E-state index contributed by atoms with van der Waals surface area (Å²) in [6.07, 6.45) is 6.83. The van der Waals surface area contributed by atoms with Gasteiger partial charge in [-0.3, -0.25) is 14.4 Å². The molecule has 0 spiro atoms. The summed E-state index contributed by atoms with van der Waals surface area (Å²) in [5.41, 5.74) is 0.289. The standard InChI is InChI=1S/C19H15FN4OS2/c20-15-5-1-6-16-18(15)22-19(27-16)24(12-11-23-10-3-9-21-23)17(25)8-7-14-4-2-13-26-14/h1-10,13H,11-12H2/b8-7+. The Kier molecular flexibility index (Phi) is 5.08. The molecule has 0 fully saturated rings. The van der Waals surface area contributed by atoms with Crippen molar-refractivity contribution in [2.45, 2.75) is 6.54 Å². The van der Waals surface area contributed by atoms with E-state index < -0.39 is 0 Å². The predicted octanol–water partition coefficient (Wildman–Crippen LogP) is 4.44. The highest BCUT2D eigenvalue weighted by Gasteiger charge is 2.19. The number of hydrogen-bond donors (Lipinski definition) is 0. The Morgan fingerprint density at radius 3 is 2.93 bits per heavy atom. The summed E-state index contributed by atoms with van der Waals surface area (Å²) >= 11 is 2.86. The van der Waals surface area contributed by atoms with Crippen LogP contribution in [-0.2, 0) is 11.3 Å². The fourth-order valence-electron chi connectivity index (χ4n) is 2.58. The lowest BCUT2D eigenvalue weighted by molar-refractivity contribution is -0.114. The summed E-state index contributed by atoms with van der Waals surface area (Å²) in [5.74, 6) is -0.585. The van der Waals surface area contributed by atoms with Gasteiger partial charge in [0.25, 0.3) is 5.91 Å². The van der Waals surface area contributed by atoms with Crippen molar-refractivity contribution in [3.8, 4) is 0 Å². The summed E-state index contributed by atoms with van der Waals surface area (Å²) in [4.78, 5) is 19.8. The highest BCUT2D eigenvalue weighted by Crippen LogP contribution is 2.30. The van der Waals surface area contributed by atoms with Gasteiger partial charge in [-0.2, -0.15) is 5.10 Å². The van der Waals surface area contributed by atoms with E-state index in [0.717, 1.165) is 4.88 Å². The van der Waals surface area contributed by atoms with Gasteiger partial charge in [0.1, 0.15) is 11.3 Å². The number of carbonyl (C=O) groups excluding carboxylic acids is 1. The zero-order chi connectivity index (χ0) is 18.6. The number of para-hydroxylation sites is 1. The minimum atomic E-state index is -0.386. The summed E-state index contributed by atoms with van der Waals surface area (Å²) in [5, 5.41) is 6.60. The number of halogens is 1. The maximum Gasteiger partial charge on any atom is 0.252 e. The number of carbonyl (C=O) groups is 1. The molecular weight excluding hydrogens is 383 g/mol.